The van der Waals surface area contributed by atoms with E-state index in [1.165, 1.54) is 30.4 Å². The van der Waals surface area contributed by atoms with Gasteiger partial charge in [0.1, 0.15) is 0 Å². The third kappa shape index (κ3) is 2.89. The van der Waals surface area contributed by atoms with Crippen molar-refractivity contribution in [1.29, 1.82) is 5.26 Å². The molecule has 1 aliphatic rings. The first-order valence-electron chi connectivity index (χ1n) is 6.23. The lowest BCUT2D eigenvalue weighted by atomic mass is 9.41. The van der Waals surface area contributed by atoms with Crippen molar-refractivity contribution in [2.24, 2.45) is 5.92 Å². The number of benzene rings is 1. The summed E-state index contributed by atoms with van der Waals surface area (Å²) in [6.45, 7) is 2.45. The average Bonchev–Trinajstić information content (AvgIpc) is 2.33. The van der Waals surface area contributed by atoms with Crippen molar-refractivity contribution in [2.45, 2.75) is 38.8 Å². The van der Waals surface area contributed by atoms with Gasteiger partial charge in [0.05, 0.1) is 0 Å². The molecule has 1 saturated heterocycles. The molecule has 0 aliphatic carbocycles. The van der Waals surface area contributed by atoms with Gasteiger partial charge in [0.15, 0.2) is 0 Å². The van der Waals surface area contributed by atoms with Gasteiger partial charge in [0, 0.05) is 5.97 Å². The highest BCUT2D eigenvalue weighted by molar-refractivity contribution is 6.67. The van der Waals surface area contributed by atoms with Gasteiger partial charge in [-0.3, -0.25) is 0 Å². The fourth-order valence-electron chi connectivity index (χ4n) is 2.55. The second kappa shape index (κ2) is 5.21. The Morgan fingerprint density at radius 3 is 2.44 bits per heavy atom. The molecule has 0 spiro atoms. The zero-order chi connectivity index (χ0) is 11.4. The smallest absolute Gasteiger partial charge is 0.213 e. The predicted octanol–water partition coefficient (Wildman–Crippen LogP) is 3.51. The Labute approximate surface area is 98.6 Å². The topological polar surface area (TPSA) is 23.8 Å². The van der Waals surface area contributed by atoms with Crippen molar-refractivity contribution >= 4 is 6.71 Å². The van der Waals surface area contributed by atoms with Gasteiger partial charge in [-0.2, -0.15) is 0 Å². The molecular formula is C14H18BN. The highest BCUT2D eigenvalue weighted by Crippen LogP contribution is 2.27. The predicted molar refractivity (Wildman–Crippen MR) is 68.6 cm³/mol. The molecule has 0 aromatic heterocycles. The minimum absolute atomic E-state index is 0.328. The number of rotatable bonds is 2. The van der Waals surface area contributed by atoms with Gasteiger partial charge in [0.25, 0.3) is 6.71 Å². The van der Waals surface area contributed by atoms with E-state index in [2.05, 4.69) is 37.2 Å². The van der Waals surface area contributed by atoms with Crippen LogP contribution in [0.3, 0.4) is 0 Å². The van der Waals surface area contributed by atoms with Crippen LogP contribution in [0.25, 0.3) is 0 Å². The first kappa shape index (κ1) is 11.3. The first-order valence-corrected chi connectivity index (χ1v) is 6.23. The monoisotopic (exact) mass is 211 g/mol. The zero-order valence-electron chi connectivity index (χ0n) is 9.95. The molecular weight excluding hydrogens is 193 g/mol. The van der Waals surface area contributed by atoms with Gasteiger partial charge in [-0.1, -0.05) is 55.3 Å². The van der Waals surface area contributed by atoms with E-state index in [9.17, 15) is 0 Å². The molecule has 1 nitrogen and oxygen atoms in total. The lowest BCUT2D eigenvalue weighted by molar-refractivity contribution is 0.471. The highest BCUT2D eigenvalue weighted by Gasteiger charge is 2.23. The molecule has 16 heavy (non-hydrogen) atoms. The van der Waals surface area contributed by atoms with Crippen LogP contribution in [0.15, 0.2) is 24.3 Å². The summed E-state index contributed by atoms with van der Waals surface area (Å²) in [6, 6.07) is 8.86. The maximum Gasteiger partial charge on any atom is 0.267 e. The molecule has 2 heteroatoms. The largest absolute Gasteiger partial charge is 0.267 e. The molecule has 1 aromatic carbocycles. The van der Waals surface area contributed by atoms with Crippen molar-refractivity contribution in [3.05, 3.63) is 35.4 Å². The summed E-state index contributed by atoms with van der Waals surface area (Å²) in [5.74, 6) is 3.19. The summed E-state index contributed by atoms with van der Waals surface area (Å²) in [6.07, 6.45) is 5.86. The second-order valence-corrected chi connectivity index (χ2v) is 5.04. The van der Waals surface area contributed by atoms with Crippen LogP contribution in [0, 0.1) is 24.1 Å². The van der Waals surface area contributed by atoms with E-state index in [1.807, 2.05) is 0 Å². The molecule has 0 unspecified atom stereocenters. The Balaban J connectivity index is 1.87. The van der Waals surface area contributed by atoms with E-state index < -0.39 is 0 Å². The van der Waals surface area contributed by atoms with Gasteiger partial charge in [-0.15, -0.1) is 0 Å². The Kier molecular flexibility index (Phi) is 3.67. The number of aryl methyl sites for hydroxylation is 1. The fraction of sp³-hybridized carbons (Fsp3) is 0.500. The molecule has 0 saturated carbocycles. The molecule has 0 radical (unpaired) electrons. The van der Waals surface area contributed by atoms with E-state index >= 15 is 0 Å². The Morgan fingerprint density at radius 1 is 1.25 bits per heavy atom. The van der Waals surface area contributed by atoms with Crippen molar-refractivity contribution < 1.29 is 0 Å². The Hall–Kier alpha value is -1.23. The standard InChI is InChI=1S/C14H18BN/c1-12-2-4-13(5-3-12)10-14-6-8-15(11-16)9-7-14/h2-5,14H,6-10H2,1H3. The highest BCUT2D eigenvalue weighted by atomic mass is 14.2. The zero-order valence-corrected chi connectivity index (χ0v) is 9.95. The van der Waals surface area contributed by atoms with E-state index in [4.69, 9.17) is 5.26 Å². The maximum absolute atomic E-state index is 8.85. The first-order chi connectivity index (χ1) is 7.78. The summed E-state index contributed by atoms with van der Waals surface area (Å²) in [5.41, 5.74) is 2.78. The van der Waals surface area contributed by atoms with E-state index in [0.29, 0.717) is 6.71 Å². The molecule has 0 amide bonds. The molecule has 2 rings (SSSR count). The molecule has 1 fully saturated rings. The Morgan fingerprint density at radius 2 is 1.88 bits per heavy atom. The summed E-state index contributed by atoms with van der Waals surface area (Å²) in [5, 5.41) is 8.85. The van der Waals surface area contributed by atoms with Crippen LogP contribution >= 0.6 is 0 Å². The number of hydrogen-bond acceptors (Lipinski definition) is 1. The van der Waals surface area contributed by atoms with Gasteiger partial charge < -0.3 is 0 Å². The van der Waals surface area contributed by atoms with Gasteiger partial charge in [-0.25, -0.2) is 5.26 Å². The van der Waals surface area contributed by atoms with Crippen LogP contribution in [0.4, 0.5) is 0 Å². The van der Waals surface area contributed by atoms with Crippen LogP contribution < -0.4 is 0 Å². The normalized spacial score (nSPS) is 17.1. The van der Waals surface area contributed by atoms with E-state index in [-0.39, 0.29) is 0 Å². The summed E-state index contributed by atoms with van der Waals surface area (Å²) >= 11 is 0. The lowest BCUT2D eigenvalue weighted by Crippen LogP contribution is -2.21. The van der Waals surface area contributed by atoms with Crippen LogP contribution in [-0.4, -0.2) is 6.71 Å². The quantitative estimate of drug-likeness (QED) is 0.686. The molecule has 1 aromatic rings. The minimum atomic E-state index is 0.328. The molecule has 0 atom stereocenters. The third-order valence-electron chi connectivity index (χ3n) is 3.67. The summed E-state index contributed by atoms with van der Waals surface area (Å²) < 4.78 is 0. The average molecular weight is 211 g/mol. The molecule has 1 heterocycles. The van der Waals surface area contributed by atoms with Crippen molar-refractivity contribution in [2.75, 3.05) is 0 Å². The summed E-state index contributed by atoms with van der Waals surface area (Å²) in [4.78, 5) is 0. The second-order valence-electron chi connectivity index (χ2n) is 5.04. The van der Waals surface area contributed by atoms with E-state index in [1.54, 1.807) is 0 Å². The van der Waals surface area contributed by atoms with Gasteiger partial charge in [-0.05, 0) is 24.8 Å². The third-order valence-corrected chi connectivity index (χ3v) is 3.67. The molecule has 0 bridgehead atoms. The number of nitriles is 1. The van der Waals surface area contributed by atoms with Crippen LogP contribution in [-0.2, 0) is 6.42 Å². The molecule has 1 aliphatic heterocycles. The van der Waals surface area contributed by atoms with Gasteiger partial charge in [0.2, 0.25) is 0 Å². The van der Waals surface area contributed by atoms with Crippen molar-refractivity contribution in [3.8, 4) is 5.97 Å². The number of nitrogens with zero attached hydrogens (tertiary/aromatic N) is 1. The summed E-state index contributed by atoms with van der Waals surface area (Å²) in [7, 11) is 0. The number of hydrogen-bond donors (Lipinski definition) is 0. The Bertz CT molecular complexity index is 369. The SMILES string of the molecule is Cc1ccc(CC2CCB(C#N)CC2)cc1. The molecule has 82 valence electrons. The van der Waals surface area contributed by atoms with Crippen molar-refractivity contribution in [1.82, 2.24) is 0 Å². The fourth-order valence-corrected chi connectivity index (χ4v) is 2.55. The van der Waals surface area contributed by atoms with Crippen LogP contribution in [0.1, 0.15) is 24.0 Å². The van der Waals surface area contributed by atoms with Crippen molar-refractivity contribution in [3.63, 3.8) is 0 Å². The molecule has 0 N–H and O–H groups in total. The van der Waals surface area contributed by atoms with Crippen LogP contribution in [0.5, 0.6) is 0 Å². The lowest BCUT2D eigenvalue weighted by Gasteiger charge is -2.23. The van der Waals surface area contributed by atoms with Crippen LogP contribution in [0.2, 0.25) is 12.6 Å². The van der Waals surface area contributed by atoms with E-state index in [0.717, 1.165) is 18.6 Å². The minimum Gasteiger partial charge on any atom is -0.213 e. The van der Waals surface area contributed by atoms with Gasteiger partial charge >= 0.3 is 0 Å². The maximum atomic E-state index is 8.85.